The normalized spacial score (nSPS) is 26.1. The number of carbonyl (C=O) groups excluding carboxylic acids is 3. The molecule has 1 N–H and O–H groups in total. The number of esters is 1. The van der Waals surface area contributed by atoms with Crippen LogP contribution in [0.1, 0.15) is 49.7 Å². The molecule has 0 unspecified atom stereocenters. The fourth-order valence-electron chi connectivity index (χ4n) is 6.42. The van der Waals surface area contributed by atoms with Gasteiger partial charge in [-0.15, -0.1) is 11.8 Å². The maximum atomic E-state index is 13.5. The first kappa shape index (κ1) is 26.0. The average molecular weight is 547 g/mol. The van der Waals surface area contributed by atoms with Crippen LogP contribution in [-0.4, -0.2) is 46.5 Å². The quantitative estimate of drug-likeness (QED) is 0.385. The summed E-state index contributed by atoms with van der Waals surface area (Å²) in [4.78, 5) is 41.2. The highest BCUT2D eigenvalue weighted by Crippen LogP contribution is 2.58. The third-order valence-electron chi connectivity index (χ3n) is 8.56. The number of carbonyl (C=O) groups is 3. The molecule has 2 aliphatic carbocycles. The minimum atomic E-state index is -0.634. The van der Waals surface area contributed by atoms with Gasteiger partial charge in [0, 0.05) is 5.25 Å². The first-order chi connectivity index (χ1) is 19.0. The molecule has 2 aromatic rings. The SMILES string of the molecule is COc1ccc(COC(=O)C2=C3C[C@H](C4CCCCC4)[C@@H]3S[C@@H]3[C@H](NC(=O)Cc4ccccc4)C(=O)N23)cc1. The van der Waals surface area contributed by atoms with Crippen molar-refractivity contribution in [2.45, 2.75) is 68.2 Å². The molecule has 2 aliphatic heterocycles. The van der Waals surface area contributed by atoms with Crippen molar-refractivity contribution < 1.29 is 23.9 Å². The molecule has 0 aromatic heterocycles. The Morgan fingerprint density at radius 1 is 1.00 bits per heavy atom. The van der Waals surface area contributed by atoms with E-state index in [9.17, 15) is 14.4 Å². The molecule has 2 aromatic carbocycles. The number of amides is 2. The Morgan fingerprint density at radius 2 is 1.74 bits per heavy atom. The van der Waals surface area contributed by atoms with E-state index >= 15 is 0 Å². The van der Waals surface area contributed by atoms with E-state index in [1.54, 1.807) is 23.8 Å². The van der Waals surface area contributed by atoms with Gasteiger partial charge in [0.25, 0.3) is 5.91 Å². The maximum Gasteiger partial charge on any atom is 0.355 e. The number of hydrogen-bond donors (Lipinski definition) is 1. The number of hydrogen-bond acceptors (Lipinski definition) is 6. The summed E-state index contributed by atoms with van der Waals surface area (Å²) in [5, 5.41) is 2.86. The number of ether oxygens (including phenoxy) is 2. The van der Waals surface area contributed by atoms with Crippen molar-refractivity contribution in [2.24, 2.45) is 11.8 Å². The number of methoxy groups -OCH3 is 1. The van der Waals surface area contributed by atoms with Crippen LogP contribution in [0.5, 0.6) is 5.75 Å². The lowest BCUT2D eigenvalue weighted by molar-refractivity contribution is -0.153. The topological polar surface area (TPSA) is 84.9 Å². The Hall–Kier alpha value is -3.26. The second-order valence-corrected chi connectivity index (χ2v) is 12.2. The van der Waals surface area contributed by atoms with E-state index in [1.165, 1.54) is 32.1 Å². The van der Waals surface area contributed by atoms with Crippen LogP contribution in [0.3, 0.4) is 0 Å². The maximum absolute atomic E-state index is 13.5. The second kappa shape index (κ2) is 11.1. The molecule has 1 saturated heterocycles. The Morgan fingerprint density at radius 3 is 2.46 bits per heavy atom. The minimum absolute atomic E-state index is 0.118. The van der Waals surface area contributed by atoms with E-state index in [0.717, 1.165) is 28.9 Å². The van der Waals surface area contributed by atoms with Crippen molar-refractivity contribution in [3.63, 3.8) is 0 Å². The van der Waals surface area contributed by atoms with Crippen LogP contribution in [0, 0.1) is 11.8 Å². The predicted molar refractivity (Wildman–Crippen MR) is 149 cm³/mol. The van der Waals surface area contributed by atoms with Gasteiger partial charge in [-0.2, -0.15) is 0 Å². The first-order valence-corrected chi connectivity index (χ1v) is 14.8. The van der Waals surface area contributed by atoms with E-state index in [0.29, 0.717) is 17.5 Å². The first-order valence-electron chi connectivity index (χ1n) is 13.9. The molecule has 7 nitrogen and oxygen atoms in total. The molecule has 0 spiro atoms. The molecule has 3 fully saturated rings. The molecular weight excluding hydrogens is 512 g/mol. The zero-order chi connectivity index (χ0) is 26.9. The summed E-state index contributed by atoms with van der Waals surface area (Å²) in [7, 11) is 1.61. The van der Waals surface area contributed by atoms with Gasteiger partial charge in [-0.05, 0) is 47.1 Å². The van der Waals surface area contributed by atoms with Gasteiger partial charge < -0.3 is 14.8 Å². The minimum Gasteiger partial charge on any atom is -0.497 e. The largest absolute Gasteiger partial charge is 0.497 e. The molecule has 2 amide bonds. The van der Waals surface area contributed by atoms with Crippen molar-refractivity contribution in [1.82, 2.24) is 10.2 Å². The number of benzene rings is 2. The van der Waals surface area contributed by atoms with Crippen LogP contribution in [0.15, 0.2) is 65.9 Å². The van der Waals surface area contributed by atoms with Gasteiger partial charge in [0.2, 0.25) is 5.91 Å². The van der Waals surface area contributed by atoms with Crippen LogP contribution in [0.4, 0.5) is 0 Å². The van der Waals surface area contributed by atoms with Crippen LogP contribution >= 0.6 is 11.8 Å². The third kappa shape index (κ3) is 5.07. The van der Waals surface area contributed by atoms with E-state index in [-0.39, 0.29) is 35.5 Å². The predicted octanol–water partition coefficient (Wildman–Crippen LogP) is 4.60. The van der Waals surface area contributed by atoms with Gasteiger partial charge in [-0.1, -0.05) is 74.6 Å². The molecule has 204 valence electrons. The molecule has 0 radical (unpaired) electrons. The standard InChI is InChI=1S/C31H34N2O5S/c1-37-22-14-12-20(13-15-22)18-38-31(36)27-24-17-23(21-10-6-3-7-11-21)28(24)39-30-26(29(35)33(27)30)32-25(34)16-19-8-4-2-5-9-19/h2,4-5,8-9,12-15,21,23,26,28,30H,3,6-7,10-11,16-18H2,1H3,(H,32,34)/t23-,26-,28+,30-/m1/s1. The fraction of sp³-hybridized carbons (Fsp3) is 0.452. The van der Waals surface area contributed by atoms with E-state index in [4.69, 9.17) is 9.47 Å². The lowest BCUT2D eigenvalue weighted by Crippen LogP contribution is -2.72. The molecule has 2 heterocycles. The summed E-state index contributed by atoms with van der Waals surface area (Å²) < 4.78 is 11.0. The molecule has 2 saturated carbocycles. The zero-order valence-corrected chi connectivity index (χ0v) is 23.0. The Balaban J connectivity index is 1.19. The van der Waals surface area contributed by atoms with Crippen molar-refractivity contribution in [3.8, 4) is 5.75 Å². The molecule has 0 bridgehead atoms. The van der Waals surface area contributed by atoms with Crippen LogP contribution < -0.4 is 10.1 Å². The Kier molecular flexibility index (Phi) is 7.38. The zero-order valence-electron chi connectivity index (χ0n) is 22.1. The molecule has 6 rings (SSSR count). The molecule has 39 heavy (non-hydrogen) atoms. The lowest BCUT2D eigenvalue weighted by atomic mass is 9.66. The highest BCUT2D eigenvalue weighted by molar-refractivity contribution is 8.01. The molecule has 4 aliphatic rings. The summed E-state index contributed by atoms with van der Waals surface area (Å²) >= 11 is 1.74. The Labute approximate surface area is 233 Å². The summed E-state index contributed by atoms with van der Waals surface area (Å²) in [6.07, 6.45) is 7.35. The van der Waals surface area contributed by atoms with Crippen LogP contribution in [0.2, 0.25) is 0 Å². The summed E-state index contributed by atoms with van der Waals surface area (Å²) in [5.74, 6) is 1.02. The van der Waals surface area contributed by atoms with Crippen LogP contribution in [0.25, 0.3) is 0 Å². The van der Waals surface area contributed by atoms with E-state index < -0.39 is 12.0 Å². The average Bonchev–Trinajstić information content (AvgIpc) is 2.96. The van der Waals surface area contributed by atoms with Crippen molar-refractivity contribution in [1.29, 1.82) is 0 Å². The van der Waals surface area contributed by atoms with Gasteiger partial charge in [0.15, 0.2) is 0 Å². The fourth-order valence-corrected chi connectivity index (χ4v) is 8.28. The summed E-state index contributed by atoms with van der Waals surface area (Å²) in [5.41, 5.74) is 3.19. The number of nitrogens with one attached hydrogen (secondary N) is 1. The Bertz CT molecular complexity index is 1270. The number of fused-ring (bicyclic) bond motifs is 2. The van der Waals surface area contributed by atoms with Crippen molar-refractivity contribution in [3.05, 3.63) is 77.0 Å². The third-order valence-corrected chi connectivity index (χ3v) is 10.3. The number of rotatable bonds is 8. The second-order valence-electron chi connectivity index (χ2n) is 10.9. The molecule has 8 heteroatoms. The van der Waals surface area contributed by atoms with Crippen molar-refractivity contribution >= 4 is 29.5 Å². The van der Waals surface area contributed by atoms with Gasteiger partial charge in [0.05, 0.1) is 13.5 Å². The van der Waals surface area contributed by atoms with E-state index in [2.05, 4.69) is 5.32 Å². The summed E-state index contributed by atoms with van der Waals surface area (Å²) in [6, 6.07) is 16.3. The highest BCUT2D eigenvalue weighted by atomic mass is 32.2. The lowest BCUT2D eigenvalue weighted by Gasteiger charge is -2.57. The van der Waals surface area contributed by atoms with Gasteiger partial charge >= 0.3 is 5.97 Å². The van der Waals surface area contributed by atoms with Crippen molar-refractivity contribution in [2.75, 3.05) is 7.11 Å². The smallest absolute Gasteiger partial charge is 0.355 e. The number of β-lactam (4-membered cyclic amide) rings is 1. The summed E-state index contributed by atoms with van der Waals surface area (Å²) in [6.45, 7) is 0.118. The van der Waals surface area contributed by atoms with Gasteiger partial charge in [-0.3, -0.25) is 14.5 Å². The number of nitrogens with zero attached hydrogens (tertiary/aromatic N) is 1. The van der Waals surface area contributed by atoms with E-state index in [1.807, 2.05) is 54.6 Å². The molecular formula is C31H34N2O5S. The van der Waals surface area contributed by atoms with Crippen LogP contribution in [-0.2, 0) is 32.1 Å². The molecule has 4 atom stereocenters. The van der Waals surface area contributed by atoms with Gasteiger partial charge in [-0.25, -0.2) is 4.79 Å². The highest BCUT2D eigenvalue weighted by Gasteiger charge is 2.60. The van der Waals surface area contributed by atoms with Gasteiger partial charge in [0.1, 0.15) is 29.5 Å². The monoisotopic (exact) mass is 546 g/mol. The number of thioether (sulfide) groups is 1.